The van der Waals surface area contributed by atoms with Crippen molar-refractivity contribution in [2.45, 2.75) is 39.8 Å². The second-order valence-corrected chi connectivity index (χ2v) is 10.1. The quantitative estimate of drug-likeness (QED) is 0.315. The Morgan fingerprint density at radius 3 is 2.58 bits per heavy atom. The number of anilines is 1. The van der Waals surface area contributed by atoms with Crippen LogP contribution >= 0.6 is 22.9 Å². The number of nitrogens with zero attached hydrogens (tertiary/aromatic N) is 5. The van der Waals surface area contributed by atoms with E-state index < -0.39 is 6.04 Å². The van der Waals surface area contributed by atoms with E-state index in [4.69, 9.17) is 16.0 Å². The summed E-state index contributed by atoms with van der Waals surface area (Å²) in [4.78, 5) is 30.6. The lowest BCUT2D eigenvalue weighted by atomic mass is 10.1. The van der Waals surface area contributed by atoms with E-state index >= 15 is 0 Å². The Hall–Kier alpha value is -3.50. The average Bonchev–Trinajstić information content (AvgIpc) is 3.60. The lowest BCUT2D eigenvalue weighted by Crippen LogP contribution is -2.45. The summed E-state index contributed by atoms with van der Waals surface area (Å²) in [5, 5.41) is 17.7. The van der Waals surface area contributed by atoms with E-state index in [1.165, 1.54) is 21.0 Å². The number of amides is 2. The van der Waals surface area contributed by atoms with Gasteiger partial charge in [0, 0.05) is 22.1 Å². The van der Waals surface area contributed by atoms with Crippen LogP contribution in [-0.2, 0) is 16.1 Å². The van der Waals surface area contributed by atoms with Crippen LogP contribution < -0.4 is 10.2 Å². The molecule has 188 valence electrons. The third kappa shape index (κ3) is 6.19. The van der Waals surface area contributed by atoms with Gasteiger partial charge in [0.25, 0.3) is 5.91 Å². The lowest BCUT2D eigenvalue weighted by Gasteiger charge is -2.30. The zero-order valence-electron chi connectivity index (χ0n) is 20.2. The number of carbonyl (C=O) groups excluding carboxylic acids is 2. The summed E-state index contributed by atoms with van der Waals surface area (Å²) in [7, 11) is 0. The number of hydrogen-bond donors (Lipinski definition) is 1. The fraction of sp³-hybridized carbons (Fsp3) is 0.320. The van der Waals surface area contributed by atoms with Crippen LogP contribution in [-0.4, -0.2) is 38.6 Å². The van der Waals surface area contributed by atoms with Crippen molar-refractivity contribution in [3.8, 4) is 11.6 Å². The minimum Gasteiger partial charge on any atom is -0.458 e. The van der Waals surface area contributed by atoms with Crippen LogP contribution in [0.15, 0.2) is 58.3 Å². The predicted octanol–water partition coefficient (Wildman–Crippen LogP) is 4.89. The summed E-state index contributed by atoms with van der Waals surface area (Å²) in [6.45, 7) is 6.29. The summed E-state index contributed by atoms with van der Waals surface area (Å²) >= 11 is 7.52. The molecular formula is C25H27ClN6O3S. The third-order valence-electron chi connectivity index (χ3n) is 5.40. The fourth-order valence-corrected chi connectivity index (χ4v) is 4.54. The lowest BCUT2D eigenvalue weighted by molar-refractivity contribution is -0.127. The molecule has 0 aliphatic heterocycles. The maximum absolute atomic E-state index is 13.7. The topological polar surface area (TPSA) is 106 Å². The Bertz CT molecular complexity index is 1300. The standard InChI is InChI=1S/C25H27ClN6O3S/c1-16(2)12-13-27-25(34)23(21-5-4-14-36-21)32(19-9-7-18(26)8-10-19)22(33)15-31-29-24(28-30-31)20-11-6-17(3)35-20/h4-11,14,16,23H,12-13,15H2,1-3H3,(H,27,34)/t23-/m1/s1. The maximum atomic E-state index is 13.7. The Morgan fingerprint density at radius 2 is 1.94 bits per heavy atom. The van der Waals surface area contributed by atoms with Gasteiger partial charge in [-0.3, -0.25) is 14.5 Å². The summed E-state index contributed by atoms with van der Waals surface area (Å²) in [6.07, 6.45) is 0.829. The van der Waals surface area contributed by atoms with Crippen LogP contribution in [0.3, 0.4) is 0 Å². The molecule has 3 aromatic heterocycles. The van der Waals surface area contributed by atoms with Gasteiger partial charge in [-0.25, -0.2) is 0 Å². The minimum absolute atomic E-state index is 0.226. The number of carbonyl (C=O) groups is 2. The van der Waals surface area contributed by atoms with Gasteiger partial charge in [0.2, 0.25) is 11.7 Å². The van der Waals surface area contributed by atoms with E-state index in [0.717, 1.165) is 11.3 Å². The predicted molar refractivity (Wildman–Crippen MR) is 139 cm³/mol. The largest absolute Gasteiger partial charge is 0.458 e. The Morgan fingerprint density at radius 1 is 1.17 bits per heavy atom. The number of nitrogens with one attached hydrogen (secondary N) is 1. The van der Waals surface area contributed by atoms with Crippen LogP contribution in [0, 0.1) is 12.8 Å². The van der Waals surface area contributed by atoms with Crippen molar-refractivity contribution >= 4 is 40.4 Å². The van der Waals surface area contributed by atoms with Gasteiger partial charge in [-0.15, -0.1) is 21.5 Å². The van der Waals surface area contributed by atoms with Gasteiger partial charge in [-0.1, -0.05) is 31.5 Å². The molecule has 4 rings (SSSR count). The fourth-order valence-electron chi connectivity index (χ4n) is 3.60. The molecule has 9 nitrogen and oxygen atoms in total. The Kier molecular flexibility index (Phi) is 8.17. The molecule has 36 heavy (non-hydrogen) atoms. The van der Waals surface area contributed by atoms with Crippen molar-refractivity contribution in [1.82, 2.24) is 25.5 Å². The van der Waals surface area contributed by atoms with Crippen LogP contribution in [0.25, 0.3) is 11.6 Å². The van der Waals surface area contributed by atoms with Crippen LogP contribution in [0.2, 0.25) is 5.02 Å². The van der Waals surface area contributed by atoms with Crippen LogP contribution in [0.5, 0.6) is 0 Å². The van der Waals surface area contributed by atoms with Gasteiger partial charge in [-0.2, -0.15) is 4.80 Å². The van der Waals surface area contributed by atoms with Gasteiger partial charge in [0.15, 0.2) is 5.76 Å². The number of hydrogen-bond acceptors (Lipinski definition) is 7. The van der Waals surface area contributed by atoms with Crippen molar-refractivity contribution in [1.29, 1.82) is 0 Å². The van der Waals surface area contributed by atoms with E-state index in [1.54, 1.807) is 36.4 Å². The van der Waals surface area contributed by atoms with Crippen LogP contribution in [0.4, 0.5) is 5.69 Å². The van der Waals surface area contributed by atoms with E-state index in [-0.39, 0.29) is 24.2 Å². The zero-order valence-corrected chi connectivity index (χ0v) is 21.8. The second kappa shape index (κ2) is 11.5. The number of aromatic nitrogens is 4. The molecule has 1 N–H and O–H groups in total. The highest BCUT2D eigenvalue weighted by Crippen LogP contribution is 2.32. The molecule has 11 heteroatoms. The van der Waals surface area contributed by atoms with Gasteiger partial charge < -0.3 is 9.73 Å². The first-order chi connectivity index (χ1) is 17.3. The van der Waals surface area contributed by atoms with Crippen molar-refractivity contribution in [3.63, 3.8) is 0 Å². The zero-order chi connectivity index (χ0) is 25.7. The summed E-state index contributed by atoms with van der Waals surface area (Å²) < 4.78 is 5.55. The summed E-state index contributed by atoms with van der Waals surface area (Å²) in [6, 6.07) is 13.2. The van der Waals surface area contributed by atoms with Crippen LogP contribution in [0.1, 0.15) is 36.9 Å². The highest BCUT2D eigenvalue weighted by molar-refractivity contribution is 7.10. The van der Waals surface area contributed by atoms with E-state index in [2.05, 4.69) is 34.6 Å². The van der Waals surface area contributed by atoms with Crippen molar-refractivity contribution < 1.29 is 14.0 Å². The van der Waals surface area contributed by atoms with Crippen molar-refractivity contribution in [3.05, 3.63) is 69.6 Å². The number of furan rings is 1. The molecule has 0 aliphatic rings. The van der Waals surface area contributed by atoms with Crippen molar-refractivity contribution in [2.75, 3.05) is 11.4 Å². The number of rotatable bonds is 10. The van der Waals surface area contributed by atoms with Crippen molar-refractivity contribution in [2.24, 2.45) is 5.92 Å². The Labute approximate surface area is 218 Å². The smallest absolute Gasteiger partial charge is 0.251 e. The second-order valence-electron chi connectivity index (χ2n) is 8.69. The monoisotopic (exact) mass is 526 g/mol. The number of thiophene rings is 1. The van der Waals surface area contributed by atoms with Gasteiger partial charge in [0.05, 0.1) is 0 Å². The number of benzene rings is 1. The van der Waals surface area contributed by atoms with E-state index in [9.17, 15) is 9.59 Å². The third-order valence-corrected chi connectivity index (χ3v) is 6.58. The average molecular weight is 527 g/mol. The molecule has 2 amide bonds. The summed E-state index contributed by atoms with van der Waals surface area (Å²) in [5.41, 5.74) is 0.531. The molecule has 0 saturated carbocycles. The number of aryl methyl sites for hydroxylation is 1. The highest BCUT2D eigenvalue weighted by atomic mass is 35.5. The van der Waals surface area contributed by atoms with Gasteiger partial charge in [0.1, 0.15) is 18.3 Å². The molecule has 0 aliphatic carbocycles. The van der Waals surface area contributed by atoms with E-state index in [1.807, 2.05) is 24.4 Å². The Balaban J connectivity index is 1.65. The van der Waals surface area contributed by atoms with Gasteiger partial charge >= 0.3 is 0 Å². The molecule has 1 atom stereocenters. The van der Waals surface area contributed by atoms with Gasteiger partial charge in [-0.05, 0) is 72.3 Å². The maximum Gasteiger partial charge on any atom is 0.251 e. The first-order valence-electron chi connectivity index (χ1n) is 11.5. The normalized spacial score (nSPS) is 12.0. The molecule has 0 spiro atoms. The highest BCUT2D eigenvalue weighted by Gasteiger charge is 2.34. The first kappa shape index (κ1) is 25.6. The summed E-state index contributed by atoms with van der Waals surface area (Å²) in [5.74, 6) is 1.24. The first-order valence-corrected chi connectivity index (χ1v) is 12.8. The molecular weight excluding hydrogens is 500 g/mol. The van der Waals surface area contributed by atoms with E-state index in [0.29, 0.717) is 34.7 Å². The molecule has 0 unspecified atom stereocenters. The SMILES string of the molecule is Cc1ccc(-c2nnn(CC(=O)N(c3ccc(Cl)cc3)[C@@H](C(=O)NCCC(C)C)c3cccs3)n2)o1. The molecule has 0 bridgehead atoms. The molecule has 1 aromatic carbocycles. The number of tetrazole rings is 1. The molecule has 4 aromatic rings. The molecule has 0 radical (unpaired) electrons. The number of halogens is 1. The minimum atomic E-state index is -0.874. The molecule has 3 heterocycles. The molecule has 0 fully saturated rings. The molecule has 0 saturated heterocycles.